The first-order valence-corrected chi connectivity index (χ1v) is 10.5. The fourth-order valence-corrected chi connectivity index (χ4v) is 4.72. The Morgan fingerprint density at radius 1 is 1.23 bits per heavy atom. The molecule has 2 heterocycles. The maximum Gasteiger partial charge on any atom is 0.228 e. The van der Waals surface area contributed by atoms with Crippen molar-refractivity contribution in [3.63, 3.8) is 0 Å². The highest BCUT2D eigenvalue weighted by Gasteiger charge is 2.38. The minimum atomic E-state index is -0.242. The summed E-state index contributed by atoms with van der Waals surface area (Å²) in [6.07, 6.45) is 2.52. The van der Waals surface area contributed by atoms with Crippen molar-refractivity contribution in [3.05, 3.63) is 24.3 Å². The number of hydrogen-bond donors (Lipinski definition) is 0. The van der Waals surface area contributed by atoms with Crippen LogP contribution in [0.3, 0.4) is 0 Å². The van der Waals surface area contributed by atoms with Gasteiger partial charge in [0.15, 0.2) is 0 Å². The Morgan fingerprint density at radius 2 is 1.88 bits per heavy atom. The lowest BCUT2D eigenvalue weighted by atomic mass is 10.0. The Hall–Kier alpha value is -1.69. The van der Waals surface area contributed by atoms with Crippen LogP contribution < -0.4 is 9.64 Å². The second-order valence-corrected chi connectivity index (χ2v) is 8.58. The highest BCUT2D eigenvalue weighted by atomic mass is 32.2. The third-order valence-electron chi connectivity index (χ3n) is 5.08. The van der Waals surface area contributed by atoms with E-state index in [0.717, 1.165) is 35.8 Å². The van der Waals surface area contributed by atoms with Crippen molar-refractivity contribution in [1.82, 2.24) is 4.90 Å². The van der Waals surface area contributed by atoms with Crippen molar-refractivity contribution in [3.8, 4) is 5.75 Å². The second kappa shape index (κ2) is 8.33. The lowest BCUT2D eigenvalue weighted by Gasteiger charge is -2.32. The van der Waals surface area contributed by atoms with E-state index >= 15 is 0 Å². The van der Waals surface area contributed by atoms with Gasteiger partial charge in [0, 0.05) is 31.7 Å². The van der Waals surface area contributed by atoms with E-state index in [1.54, 1.807) is 4.90 Å². The van der Waals surface area contributed by atoms with Crippen molar-refractivity contribution in [2.45, 2.75) is 45.3 Å². The molecule has 1 aromatic carbocycles. The first kappa shape index (κ1) is 19.1. The van der Waals surface area contributed by atoms with Crippen molar-refractivity contribution in [1.29, 1.82) is 0 Å². The summed E-state index contributed by atoms with van der Waals surface area (Å²) in [5.74, 6) is 2.91. The van der Waals surface area contributed by atoms with Gasteiger partial charge >= 0.3 is 0 Å². The van der Waals surface area contributed by atoms with Crippen molar-refractivity contribution < 1.29 is 14.3 Å². The number of ether oxygens (including phenoxy) is 1. The van der Waals surface area contributed by atoms with E-state index < -0.39 is 0 Å². The number of rotatable bonds is 5. The van der Waals surface area contributed by atoms with Gasteiger partial charge in [0.1, 0.15) is 5.75 Å². The zero-order valence-corrected chi connectivity index (χ0v) is 16.6. The molecule has 0 bridgehead atoms. The lowest BCUT2D eigenvalue weighted by molar-refractivity contribution is -0.136. The van der Waals surface area contributed by atoms with Gasteiger partial charge in [-0.25, -0.2) is 0 Å². The molecule has 2 aliphatic heterocycles. The average Bonchev–Trinajstić information content (AvgIpc) is 3.03. The van der Waals surface area contributed by atoms with Crippen molar-refractivity contribution in [2.24, 2.45) is 5.92 Å². The summed E-state index contributed by atoms with van der Waals surface area (Å²) < 4.78 is 5.65. The quantitative estimate of drug-likeness (QED) is 0.792. The van der Waals surface area contributed by atoms with Crippen LogP contribution in [0.2, 0.25) is 0 Å². The molecule has 6 heteroatoms. The topological polar surface area (TPSA) is 49.9 Å². The smallest absolute Gasteiger partial charge is 0.228 e. The summed E-state index contributed by atoms with van der Waals surface area (Å²) in [6, 6.07) is 7.86. The van der Waals surface area contributed by atoms with Crippen molar-refractivity contribution >= 4 is 29.3 Å². The molecule has 0 radical (unpaired) electrons. The maximum atomic E-state index is 12.9. The molecule has 26 heavy (non-hydrogen) atoms. The molecule has 1 aromatic rings. The largest absolute Gasteiger partial charge is 0.491 e. The number of hydrogen-bond acceptors (Lipinski definition) is 4. The van der Waals surface area contributed by atoms with Gasteiger partial charge < -0.3 is 14.5 Å². The van der Waals surface area contributed by atoms with Gasteiger partial charge in [-0.1, -0.05) is 0 Å². The summed E-state index contributed by atoms with van der Waals surface area (Å²) in [6.45, 7) is 4.43. The third kappa shape index (κ3) is 4.34. The van der Waals surface area contributed by atoms with Gasteiger partial charge in [-0.05, 0) is 62.5 Å². The number of carbonyl (C=O) groups is 2. The number of carbonyl (C=O) groups excluding carboxylic acids is 2. The van der Waals surface area contributed by atoms with Gasteiger partial charge in [0.2, 0.25) is 11.8 Å². The number of amides is 2. The summed E-state index contributed by atoms with van der Waals surface area (Å²) in [5, 5.41) is 0. The highest BCUT2D eigenvalue weighted by Crippen LogP contribution is 2.29. The molecule has 5 nitrogen and oxygen atoms in total. The van der Waals surface area contributed by atoms with Gasteiger partial charge in [0.25, 0.3) is 0 Å². The normalized spacial score (nSPS) is 21.3. The molecule has 2 aliphatic rings. The van der Waals surface area contributed by atoms with Crippen LogP contribution in [0.4, 0.5) is 5.69 Å². The van der Waals surface area contributed by atoms with Crippen molar-refractivity contribution in [2.75, 3.05) is 30.0 Å². The Morgan fingerprint density at radius 3 is 2.50 bits per heavy atom. The van der Waals surface area contributed by atoms with Crippen LogP contribution >= 0.6 is 11.8 Å². The molecule has 2 fully saturated rings. The van der Waals surface area contributed by atoms with Crippen LogP contribution in [0.15, 0.2) is 24.3 Å². The van der Waals surface area contributed by atoms with Gasteiger partial charge in [-0.3, -0.25) is 9.59 Å². The van der Waals surface area contributed by atoms with Gasteiger partial charge in [-0.2, -0.15) is 11.8 Å². The fourth-order valence-electron chi connectivity index (χ4n) is 3.64. The molecule has 0 saturated carbocycles. The maximum absolute atomic E-state index is 12.9. The molecule has 3 rings (SSSR count). The van der Waals surface area contributed by atoms with Crippen LogP contribution in [-0.2, 0) is 9.59 Å². The van der Waals surface area contributed by atoms with E-state index in [2.05, 4.69) is 0 Å². The van der Waals surface area contributed by atoms with Crippen LogP contribution in [0, 0.1) is 5.92 Å². The molecule has 2 amide bonds. The Balaban J connectivity index is 1.63. The van der Waals surface area contributed by atoms with Crippen LogP contribution in [0.1, 0.15) is 33.1 Å². The summed E-state index contributed by atoms with van der Waals surface area (Å²) >= 11 is 1.95. The monoisotopic (exact) mass is 376 g/mol. The van der Waals surface area contributed by atoms with Crippen LogP contribution in [0.25, 0.3) is 0 Å². The van der Waals surface area contributed by atoms with E-state index in [9.17, 15) is 9.59 Å². The number of nitrogens with zero attached hydrogens (tertiary/aromatic N) is 2. The van der Waals surface area contributed by atoms with E-state index in [0.29, 0.717) is 19.0 Å². The molecular weight excluding hydrogens is 348 g/mol. The fraction of sp³-hybridized carbons (Fsp3) is 0.600. The molecule has 0 aliphatic carbocycles. The molecule has 0 unspecified atom stereocenters. The van der Waals surface area contributed by atoms with E-state index in [4.69, 9.17) is 4.74 Å². The molecule has 0 N–H and O–H groups in total. The third-order valence-corrected chi connectivity index (χ3v) is 6.13. The average molecular weight is 377 g/mol. The number of thioether (sulfide) groups is 1. The summed E-state index contributed by atoms with van der Waals surface area (Å²) in [5.41, 5.74) is 0.832. The predicted molar refractivity (Wildman–Crippen MR) is 106 cm³/mol. The lowest BCUT2D eigenvalue weighted by Crippen LogP contribution is -2.43. The Labute approximate surface area is 160 Å². The molecule has 0 spiro atoms. The second-order valence-electron chi connectivity index (χ2n) is 7.36. The zero-order valence-electron chi connectivity index (χ0n) is 15.8. The summed E-state index contributed by atoms with van der Waals surface area (Å²) in [7, 11) is 1.90. The molecule has 142 valence electrons. The van der Waals surface area contributed by atoms with E-state index in [-0.39, 0.29) is 23.8 Å². The Bertz CT molecular complexity index is 641. The first-order valence-electron chi connectivity index (χ1n) is 9.37. The first-order chi connectivity index (χ1) is 12.5. The highest BCUT2D eigenvalue weighted by molar-refractivity contribution is 7.99. The standard InChI is InChI=1S/C20H28N2O3S/c1-14(2)25-18-6-4-17(5-7-18)22-13-15(12-19(22)23)20(24)21(3)16-8-10-26-11-9-16/h4-7,14-16H,8-13H2,1-3H3/t15-/m1/s1. The minimum Gasteiger partial charge on any atom is -0.491 e. The Kier molecular flexibility index (Phi) is 6.12. The van der Waals surface area contributed by atoms with Gasteiger partial charge in [0.05, 0.1) is 12.0 Å². The molecular formula is C20H28N2O3S. The molecule has 1 atom stereocenters. The van der Waals surface area contributed by atoms with Crippen LogP contribution in [-0.4, -0.2) is 54.0 Å². The van der Waals surface area contributed by atoms with Gasteiger partial charge in [-0.15, -0.1) is 0 Å². The van der Waals surface area contributed by atoms with E-state index in [1.807, 2.05) is 61.8 Å². The van der Waals surface area contributed by atoms with E-state index in [1.165, 1.54) is 0 Å². The predicted octanol–water partition coefficient (Wildman–Crippen LogP) is 3.18. The molecule has 0 aromatic heterocycles. The summed E-state index contributed by atoms with van der Waals surface area (Å²) in [4.78, 5) is 29.0. The van der Waals surface area contributed by atoms with Crippen LogP contribution in [0.5, 0.6) is 5.75 Å². The number of benzene rings is 1. The molecule has 2 saturated heterocycles. The zero-order chi connectivity index (χ0) is 18.7. The SMILES string of the molecule is CC(C)Oc1ccc(N2C[C@H](C(=O)N(C)C3CCSCC3)CC2=O)cc1. The number of anilines is 1. The minimum absolute atomic E-state index is 0.0217.